The predicted molar refractivity (Wildman–Crippen MR) is 125 cm³/mol. The molecule has 2 aromatic carbocycles. The van der Waals surface area contributed by atoms with Crippen LogP contribution >= 0.6 is 0 Å². The summed E-state index contributed by atoms with van der Waals surface area (Å²) < 4.78 is 19.1. The van der Waals surface area contributed by atoms with E-state index in [1.54, 1.807) is 54.7 Å². The molecule has 1 N–H and O–H groups in total. The van der Waals surface area contributed by atoms with Crippen molar-refractivity contribution in [2.45, 2.75) is 39.5 Å². The molecule has 6 nitrogen and oxygen atoms in total. The lowest BCUT2D eigenvalue weighted by Gasteiger charge is -2.24. The summed E-state index contributed by atoms with van der Waals surface area (Å²) in [5.41, 5.74) is 2.24. The molecule has 1 unspecified atom stereocenters. The molecular formula is C27H25FN2O4. The summed E-state index contributed by atoms with van der Waals surface area (Å²) in [6.45, 7) is 5.74. The molecule has 0 aliphatic carbocycles. The number of aryl methyl sites for hydroxylation is 1. The Morgan fingerprint density at radius 2 is 1.85 bits per heavy atom. The van der Waals surface area contributed by atoms with E-state index in [0.29, 0.717) is 22.6 Å². The quantitative estimate of drug-likeness (QED) is 0.320. The first-order valence-corrected chi connectivity index (χ1v) is 11.0. The van der Waals surface area contributed by atoms with Gasteiger partial charge in [0.25, 0.3) is 11.7 Å². The summed E-state index contributed by atoms with van der Waals surface area (Å²) >= 11 is 0. The van der Waals surface area contributed by atoms with Crippen molar-refractivity contribution in [3.05, 3.63) is 101 Å². The van der Waals surface area contributed by atoms with Gasteiger partial charge in [0.05, 0.1) is 17.4 Å². The van der Waals surface area contributed by atoms with Gasteiger partial charge in [-0.25, -0.2) is 4.39 Å². The van der Waals surface area contributed by atoms with Crippen LogP contribution in [0, 0.1) is 12.7 Å². The SMILES string of the molecule is Cc1cc(/C(O)=C2/C(=O)C(=O)N(Cc3ccc(F)cc3)C2c2ccccn2)ccc1OC(C)C. The van der Waals surface area contributed by atoms with E-state index in [0.717, 1.165) is 5.56 Å². The van der Waals surface area contributed by atoms with E-state index in [-0.39, 0.29) is 24.0 Å². The van der Waals surface area contributed by atoms with Crippen molar-refractivity contribution in [1.29, 1.82) is 0 Å². The molecule has 4 rings (SSSR count). The highest BCUT2D eigenvalue weighted by Crippen LogP contribution is 2.40. The second-order valence-corrected chi connectivity index (χ2v) is 8.45. The Morgan fingerprint density at radius 3 is 2.47 bits per heavy atom. The fourth-order valence-electron chi connectivity index (χ4n) is 4.01. The number of aliphatic hydroxyl groups excluding tert-OH is 1. The maximum absolute atomic E-state index is 13.4. The number of rotatable bonds is 6. The highest BCUT2D eigenvalue weighted by molar-refractivity contribution is 6.46. The van der Waals surface area contributed by atoms with Crippen LogP contribution in [0.4, 0.5) is 4.39 Å². The molecule has 1 aromatic heterocycles. The number of halogens is 1. The number of likely N-dealkylation sites (tertiary alicyclic amines) is 1. The molecule has 1 amide bonds. The second-order valence-electron chi connectivity index (χ2n) is 8.45. The molecule has 1 saturated heterocycles. The molecule has 0 radical (unpaired) electrons. The number of hydrogen-bond donors (Lipinski definition) is 1. The predicted octanol–water partition coefficient (Wildman–Crippen LogP) is 4.94. The minimum Gasteiger partial charge on any atom is -0.507 e. The topological polar surface area (TPSA) is 79.7 Å². The maximum atomic E-state index is 13.4. The van der Waals surface area contributed by atoms with Gasteiger partial charge in [-0.3, -0.25) is 14.6 Å². The van der Waals surface area contributed by atoms with Gasteiger partial charge in [0.2, 0.25) is 0 Å². The van der Waals surface area contributed by atoms with Crippen molar-refractivity contribution >= 4 is 17.4 Å². The largest absolute Gasteiger partial charge is 0.507 e. The van der Waals surface area contributed by atoms with Gasteiger partial charge >= 0.3 is 0 Å². The number of ether oxygens (including phenoxy) is 1. The zero-order chi connectivity index (χ0) is 24.4. The Morgan fingerprint density at radius 1 is 1.12 bits per heavy atom. The van der Waals surface area contributed by atoms with E-state index in [4.69, 9.17) is 4.74 Å². The molecule has 0 bridgehead atoms. The van der Waals surface area contributed by atoms with Gasteiger partial charge in [-0.05, 0) is 74.4 Å². The third-order valence-corrected chi connectivity index (χ3v) is 5.59. The molecule has 3 aromatic rings. The Hall–Kier alpha value is -4.00. The third kappa shape index (κ3) is 4.55. The monoisotopic (exact) mass is 460 g/mol. The highest BCUT2D eigenvalue weighted by Gasteiger charge is 2.46. The van der Waals surface area contributed by atoms with Crippen LogP contribution in [0.25, 0.3) is 5.76 Å². The average molecular weight is 461 g/mol. The van der Waals surface area contributed by atoms with E-state index in [2.05, 4.69) is 4.98 Å². The zero-order valence-corrected chi connectivity index (χ0v) is 19.2. The molecule has 1 aliphatic rings. The van der Waals surface area contributed by atoms with Crippen molar-refractivity contribution in [3.63, 3.8) is 0 Å². The lowest BCUT2D eigenvalue weighted by Crippen LogP contribution is -2.29. The molecule has 0 saturated carbocycles. The van der Waals surface area contributed by atoms with Gasteiger partial charge in [-0.2, -0.15) is 0 Å². The fourth-order valence-corrected chi connectivity index (χ4v) is 4.01. The van der Waals surface area contributed by atoms with Crippen LogP contribution in [0.2, 0.25) is 0 Å². The molecule has 7 heteroatoms. The van der Waals surface area contributed by atoms with E-state index < -0.39 is 23.5 Å². The minimum absolute atomic E-state index is 0.0147. The van der Waals surface area contributed by atoms with E-state index in [1.165, 1.54) is 17.0 Å². The van der Waals surface area contributed by atoms with Crippen LogP contribution in [-0.2, 0) is 16.1 Å². The molecule has 174 valence electrons. The van der Waals surface area contributed by atoms with E-state index >= 15 is 0 Å². The maximum Gasteiger partial charge on any atom is 0.296 e. The summed E-state index contributed by atoms with van der Waals surface area (Å²) in [5.74, 6) is -1.56. The Kier molecular flexibility index (Phi) is 6.45. The number of ketones is 1. The molecule has 1 fully saturated rings. The zero-order valence-electron chi connectivity index (χ0n) is 19.2. The summed E-state index contributed by atoms with van der Waals surface area (Å²) in [4.78, 5) is 31.9. The lowest BCUT2D eigenvalue weighted by atomic mass is 9.97. The first kappa shape index (κ1) is 23.2. The molecule has 0 spiro atoms. The summed E-state index contributed by atoms with van der Waals surface area (Å²) in [6, 6.07) is 15.1. The van der Waals surface area contributed by atoms with Crippen LogP contribution < -0.4 is 4.74 Å². The van der Waals surface area contributed by atoms with Crippen LogP contribution in [0.3, 0.4) is 0 Å². The van der Waals surface area contributed by atoms with Gasteiger partial charge < -0.3 is 14.7 Å². The van der Waals surface area contributed by atoms with Crippen molar-refractivity contribution in [2.75, 3.05) is 0 Å². The average Bonchev–Trinajstić information content (AvgIpc) is 3.06. The number of nitrogens with zero attached hydrogens (tertiary/aromatic N) is 2. The standard InChI is InChI=1S/C27H25FN2O4/c1-16(2)34-22-12-9-19(14-17(22)3)25(31)23-24(21-6-4-5-13-29-21)30(27(33)26(23)32)15-18-7-10-20(28)11-8-18/h4-14,16,24,31H,15H2,1-3H3/b25-23-. The van der Waals surface area contributed by atoms with Gasteiger partial charge in [-0.1, -0.05) is 18.2 Å². The van der Waals surface area contributed by atoms with Crippen molar-refractivity contribution < 1.29 is 23.8 Å². The Balaban J connectivity index is 1.80. The number of amides is 1. The number of carbonyl (C=O) groups is 2. The summed E-state index contributed by atoms with van der Waals surface area (Å²) in [5, 5.41) is 11.2. The highest BCUT2D eigenvalue weighted by atomic mass is 19.1. The van der Waals surface area contributed by atoms with Crippen LogP contribution in [0.5, 0.6) is 5.75 Å². The number of Topliss-reactive ketones (excluding diaryl/α,β-unsaturated/α-hetero) is 1. The molecule has 1 aliphatic heterocycles. The minimum atomic E-state index is -0.891. The normalized spacial score (nSPS) is 17.4. The Bertz CT molecular complexity index is 1250. The van der Waals surface area contributed by atoms with Gasteiger partial charge in [0.15, 0.2) is 0 Å². The van der Waals surface area contributed by atoms with Crippen molar-refractivity contribution in [2.24, 2.45) is 0 Å². The van der Waals surface area contributed by atoms with Gasteiger partial charge in [0, 0.05) is 18.3 Å². The van der Waals surface area contributed by atoms with Crippen molar-refractivity contribution in [3.8, 4) is 5.75 Å². The number of carbonyl (C=O) groups excluding carboxylic acids is 2. The number of aromatic nitrogens is 1. The summed E-state index contributed by atoms with van der Waals surface area (Å²) in [7, 11) is 0. The van der Waals surface area contributed by atoms with Crippen LogP contribution in [0.1, 0.15) is 42.3 Å². The number of pyridine rings is 1. The number of hydrogen-bond acceptors (Lipinski definition) is 5. The second kappa shape index (κ2) is 9.47. The van der Waals surface area contributed by atoms with Gasteiger partial charge in [0.1, 0.15) is 23.4 Å². The molecule has 34 heavy (non-hydrogen) atoms. The van der Waals surface area contributed by atoms with Gasteiger partial charge in [-0.15, -0.1) is 0 Å². The number of benzene rings is 2. The molecule has 2 heterocycles. The Labute approximate surface area is 197 Å². The van der Waals surface area contributed by atoms with Crippen molar-refractivity contribution in [1.82, 2.24) is 9.88 Å². The number of aliphatic hydroxyl groups is 1. The van der Waals surface area contributed by atoms with Crippen LogP contribution in [-0.4, -0.2) is 32.8 Å². The molecule has 1 atom stereocenters. The van der Waals surface area contributed by atoms with E-state index in [1.807, 2.05) is 20.8 Å². The van der Waals surface area contributed by atoms with Crippen LogP contribution in [0.15, 0.2) is 72.4 Å². The first-order chi connectivity index (χ1) is 16.3. The van der Waals surface area contributed by atoms with E-state index in [9.17, 15) is 19.1 Å². The summed E-state index contributed by atoms with van der Waals surface area (Å²) in [6.07, 6.45) is 1.55. The third-order valence-electron chi connectivity index (χ3n) is 5.59. The molecular weight excluding hydrogens is 435 g/mol. The smallest absolute Gasteiger partial charge is 0.296 e. The first-order valence-electron chi connectivity index (χ1n) is 11.0. The fraction of sp³-hybridized carbons (Fsp3) is 0.222. The lowest BCUT2D eigenvalue weighted by molar-refractivity contribution is -0.140.